The minimum Gasteiger partial charge on any atom is -0.547 e. The predicted molar refractivity (Wildman–Crippen MR) is 46.8 cm³/mol. The molecule has 0 saturated carbocycles. The van der Waals surface area contributed by atoms with Crippen LogP contribution in [0, 0.1) is 0 Å². The van der Waals surface area contributed by atoms with Crippen LogP contribution in [-0.4, -0.2) is 12.1 Å². The third-order valence-electron chi connectivity index (χ3n) is 1.92. The van der Waals surface area contributed by atoms with E-state index in [9.17, 15) is 9.90 Å². The molecule has 2 unspecified atom stereocenters. The van der Waals surface area contributed by atoms with Crippen LogP contribution in [0.3, 0.4) is 0 Å². The van der Waals surface area contributed by atoms with Gasteiger partial charge < -0.3 is 14.6 Å². The van der Waals surface area contributed by atoms with Gasteiger partial charge in [0, 0.05) is 4.47 Å². The molecule has 3 nitrogen and oxygen atoms in total. The standard InChI is InChI=1S/C9H7BrO3.K/c10-6-3-1-5(2-4-6)7-8(13-7)9(11)12;/h1-4,7-8H,(H,11,12);/q;+1/p-1. The summed E-state index contributed by atoms with van der Waals surface area (Å²) in [5.41, 5.74) is 0.873. The van der Waals surface area contributed by atoms with Gasteiger partial charge in [0.1, 0.15) is 12.2 Å². The van der Waals surface area contributed by atoms with Crippen molar-refractivity contribution in [3.63, 3.8) is 0 Å². The maximum absolute atomic E-state index is 10.4. The van der Waals surface area contributed by atoms with Crippen LogP contribution in [0.15, 0.2) is 28.7 Å². The smallest absolute Gasteiger partial charge is 0.547 e. The molecule has 1 heterocycles. The molecule has 1 fully saturated rings. The van der Waals surface area contributed by atoms with Crippen LogP contribution in [0.1, 0.15) is 11.7 Å². The van der Waals surface area contributed by atoms with Crippen LogP contribution in [-0.2, 0) is 9.53 Å². The van der Waals surface area contributed by atoms with Crippen molar-refractivity contribution >= 4 is 21.9 Å². The molecule has 2 atom stereocenters. The first-order valence-corrected chi connectivity index (χ1v) is 4.59. The Morgan fingerprint density at radius 2 is 1.93 bits per heavy atom. The molecule has 0 bridgehead atoms. The number of epoxide rings is 1. The van der Waals surface area contributed by atoms with E-state index < -0.39 is 12.1 Å². The SMILES string of the molecule is O=C([O-])C1OC1c1ccc(Br)cc1.[K+]. The Kier molecular flexibility index (Phi) is 4.77. The normalized spacial score (nSPS) is 23.8. The summed E-state index contributed by atoms with van der Waals surface area (Å²) in [6, 6.07) is 7.36. The van der Waals surface area contributed by atoms with Crippen LogP contribution >= 0.6 is 15.9 Å². The zero-order valence-electron chi connectivity index (χ0n) is 7.57. The van der Waals surface area contributed by atoms with Crippen LogP contribution < -0.4 is 56.5 Å². The van der Waals surface area contributed by atoms with Crippen molar-refractivity contribution in [2.24, 2.45) is 0 Å². The van der Waals surface area contributed by atoms with E-state index in [1.54, 1.807) is 0 Å². The fourth-order valence-corrected chi connectivity index (χ4v) is 1.46. The minimum absolute atomic E-state index is 0. The number of ether oxygens (including phenoxy) is 1. The molecule has 14 heavy (non-hydrogen) atoms. The second-order valence-corrected chi connectivity index (χ2v) is 3.76. The van der Waals surface area contributed by atoms with Crippen molar-refractivity contribution < 1.29 is 66.0 Å². The van der Waals surface area contributed by atoms with Gasteiger partial charge in [0.25, 0.3) is 0 Å². The summed E-state index contributed by atoms with van der Waals surface area (Å²) >= 11 is 3.29. The number of halogens is 1. The average Bonchev–Trinajstić information content (AvgIpc) is 2.85. The first-order valence-electron chi connectivity index (χ1n) is 3.80. The van der Waals surface area contributed by atoms with E-state index in [1.807, 2.05) is 24.3 Å². The van der Waals surface area contributed by atoms with Crippen molar-refractivity contribution in [3.05, 3.63) is 34.3 Å². The van der Waals surface area contributed by atoms with Gasteiger partial charge in [0.15, 0.2) is 0 Å². The summed E-state index contributed by atoms with van der Waals surface area (Å²) in [5, 5.41) is 10.4. The van der Waals surface area contributed by atoms with Crippen molar-refractivity contribution in [2.75, 3.05) is 0 Å². The number of aliphatic carboxylic acids is 1. The molecular weight excluding hydrogens is 275 g/mol. The zero-order valence-corrected chi connectivity index (χ0v) is 12.3. The number of carboxylic acids is 1. The Morgan fingerprint density at radius 1 is 1.36 bits per heavy atom. The molecule has 1 aromatic carbocycles. The Labute approximate surface area is 132 Å². The Bertz CT molecular complexity index is 338. The number of hydrogen-bond donors (Lipinski definition) is 0. The molecule has 0 amide bonds. The molecule has 0 N–H and O–H groups in total. The topological polar surface area (TPSA) is 52.7 Å². The molecule has 0 radical (unpaired) electrons. The summed E-state index contributed by atoms with van der Waals surface area (Å²) < 4.78 is 5.89. The molecule has 1 aromatic rings. The van der Waals surface area contributed by atoms with Crippen molar-refractivity contribution in [2.45, 2.75) is 12.2 Å². The molecule has 0 aromatic heterocycles. The van der Waals surface area contributed by atoms with E-state index in [2.05, 4.69) is 15.9 Å². The molecule has 0 aliphatic carbocycles. The summed E-state index contributed by atoms with van der Waals surface area (Å²) in [5.74, 6) is -1.15. The number of rotatable bonds is 2. The van der Waals surface area contributed by atoms with E-state index in [4.69, 9.17) is 4.74 Å². The van der Waals surface area contributed by atoms with Crippen LogP contribution in [0.4, 0.5) is 0 Å². The molecule has 2 rings (SSSR count). The Balaban J connectivity index is 0.000000980. The molecule has 5 heteroatoms. The molecule has 1 saturated heterocycles. The molecule has 68 valence electrons. The fraction of sp³-hybridized carbons (Fsp3) is 0.222. The van der Waals surface area contributed by atoms with Crippen LogP contribution in [0.2, 0.25) is 0 Å². The number of benzene rings is 1. The van der Waals surface area contributed by atoms with Crippen molar-refractivity contribution in [1.29, 1.82) is 0 Å². The van der Waals surface area contributed by atoms with Gasteiger partial charge >= 0.3 is 51.4 Å². The number of carboxylic acid groups (broad SMARTS) is 1. The monoisotopic (exact) mass is 280 g/mol. The van der Waals surface area contributed by atoms with Gasteiger partial charge in [-0.25, -0.2) is 0 Å². The molecular formula is C9H6BrKO3. The van der Waals surface area contributed by atoms with E-state index in [1.165, 1.54) is 0 Å². The van der Waals surface area contributed by atoms with Gasteiger partial charge in [-0.1, -0.05) is 28.1 Å². The largest absolute Gasteiger partial charge is 1.00 e. The van der Waals surface area contributed by atoms with E-state index in [0.717, 1.165) is 10.0 Å². The Hall–Kier alpha value is 0.766. The number of hydrogen-bond acceptors (Lipinski definition) is 3. The summed E-state index contributed by atoms with van der Waals surface area (Å²) in [7, 11) is 0. The second-order valence-electron chi connectivity index (χ2n) is 2.85. The zero-order chi connectivity index (χ0) is 9.42. The van der Waals surface area contributed by atoms with E-state index in [0.29, 0.717) is 0 Å². The van der Waals surface area contributed by atoms with Crippen LogP contribution in [0.5, 0.6) is 0 Å². The molecule has 0 spiro atoms. The number of carbonyl (C=O) groups is 1. The molecule has 1 aliphatic heterocycles. The summed E-state index contributed by atoms with van der Waals surface area (Å²) in [6.45, 7) is 0. The first kappa shape index (κ1) is 12.8. The average molecular weight is 281 g/mol. The predicted octanol–water partition coefficient (Wildman–Crippen LogP) is -2.36. The van der Waals surface area contributed by atoms with Gasteiger partial charge in [-0.15, -0.1) is 0 Å². The fourth-order valence-electron chi connectivity index (χ4n) is 1.20. The van der Waals surface area contributed by atoms with Crippen LogP contribution in [0.25, 0.3) is 0 Å². The van der Waals surface area contributed by atoms with Crippen molar-refractivity contribution in [1.82, 2.24) is 0 Å². The minimum atomic E-state index is -1.15. The second kappa shape index (κ2) is 5.20. The van der Waals surface area contributed by atoms with E-state index in [-0.39, 0.29) is 57.5 Å². The Morgan fingerprint density at radius 3 is 2.36 bits per heavy atom. The van der Waals surface area contributed by atoms with Crippen molar-refractivity contribution in [3.8, 4) is 0 Å². The summed E-state index contributed by atoms with van der Waals surface area (Å²) in [6.07, 6.45) is -1.08. The van der Waals surface area contributed by atoms with Gasteiger partial charge in [-0.2, -0.15) is 0 Å². The van der Waals surface area contributed by atoms with Gasteiger partial charge in [0.05, 0.1) is 5.97 Å². The molecule has 1 aliphatic rings. The van der Waals surface area contributed by atoms with Gasteiger partial charge in [0.2, 0.25) is 0 Å². The van der Waals surface area contributed by atoms with Gasteiger partial charge in [-0.3, -0.25) is 0 Å². The maximum Gasteiger partial charge on any atom is 1.00 e. The number of carbonyl (C=O) groups excluding carboxylic acids is 1. The van der Waals surface area contributed by atoms with E-state index >= 15 is 0 Å². The first-order chi connectivity index (χ1) is 6.18. The maximum atomic E-state index is 10.4. The van der Waals surface area contributed by atoms with Gasteiger partial charge in [-0.05, 0) is 17.7 Å². The third kappa shape index (κ3) is 2.88. The quantitative estimate of drug-likeness (QED) is 0.450. The summed E-state index contributed by atoms with van der Waals surface area (Å²) in [4.78, 5) is 10.4. The third-order valence-corrected chi connectivity index (χ3v) is 2.45.